The monoisotopic (exact) mass is 536 g/mol. The standard InChI is InChI=1S/C19H26Br2F2O4.Na/c1-4-12-11-13(5-2)17(27-19(22,23)18(20)21)14(6-3)16(12)26-10-8-7-9-15(24)25;/h11,18H,4-10H2,1-3H3,(H,24,25);/q;+1/p-1. The zero-order valence-electron chi connectivity index (χ0n) is 16.7. The van der Waals surface area contributed by atoms with Crippen LogP contribution in [0, 0.1) is 0 Å². The van der Waals surface area contributed by atoms with Crippen molar-refractivity contribution in [3.63, 3.8) is 0 Å². The van der Waals surface area contributed by atoms with Crippen molar-refractivity contribution in [2.75, 3.05) is 6.61 Å². The number of carbonyl (C=O) groups is 1. The van der Waals surface area contributed by atoms with Gasteiger partial charge in [-0.2, -0.15) is 8.78 Å². The second-order valence-electron chi connectivity index (χ2n) is 6.03. The topological polar surface area (TPSA) is 58.6 Å². The molecule has 0 saturated heterocycles. The Balaban J connectivity index is 0.00000729. The molecule has 9 heteroatoms. The van der Waals surface area contributed by atoms with Crippen molar-refractivity contribution in [3.8, 4) is 11.5 Å². The fourth-order valence-corrected chi connectivity index (χ4v) is 2.90. The van der Waals surface area contributed by atoms with Gasteiger partial charge in [0, 0.05) is 11.5 Å². The van der Waals surface area contributed by atoms with Crippen molar-refractivity contribution in [2.45, 2.75) is 69.1 Å². The number of hydrogen-bond acceptors (Lipinski definition) is 4. The first-order valence-electron chi connectivity index (χ1n) is 9.03. The van der Waals surface area contributed by atoms with Crippen LogP contribution in [0.3, 0.4) is 0 Å². The molecule has 0 aliphatic carbocycles. The van der Waals surface area contributed by atoms with Crippen LogP contribution in [0.1, 0.15) is 56.7 Å². The molecule has 0 amide bonds. The van der Waals surface area contributed by atoms with E-state index in [2.05, 4.69) is 31.9 Å². The number of unbranched alkanes of at least 4 members (excludes halogenated alkanes) is 1. The van der Waals surface area contributed by atoms with E-state index in [1.807, 2.05) is 26.8 Å². The zero-order chi connectivity index (χ0) is 20.6. The van der Waals surface area contributed by atoms with E-state index in [1.165, 1.54) is 0 Å². The van der Waals surface area contributed by atoms with Gasteiger partial charge >= 0.3 is 35.7 Å². The van der Waals surface area contributed by atoms with Crippen LogP contribution < -0.4 is 44.1 Å². The second kappa shape index (κ2) is 13.4. The number of rotatable bonds is 12. The van der Waals surface area contributed by atoms with Crippen molar-refractivity contribution in [1.29, 1.82) is 0 Å². The van der Waals surface area contributed by atoms with Gasteiger partial charge in [0.1, 0.15) is 11.5 Å². The van der Waals surface area contributed by atoms with E-state index < -0.39 is 15.8 Å². The summed E-state index contributed by atoms with van der Waals surface area (Å²) in [6.07, 6.45) is -0.792. The minimum Gasteiger partial charge on any atom is -0.550 e. The number of aliphatic carboxylic acids is 1. The fraction of sp³-hybridized carbons (Fsp3) is 0.632. The predicted octanol–water partition coefficient (Wildman–Crippen LogP) is 1.76. The van der Waals surface area contributed by atoms with Gasteiger partial charge in [-0.15, -0.1) is 0 Å². The van der Waals surface area contributed by atoms with Gasteiger partial charge in [0.25, 0.3) is 0 Å². The molecule has 0 fully saturated rings. The molecule has 0 spiro atoms. The van der Waals surface area contributed by atoms with E-state index in [4.69, 9.17) is 9.47 Å². The number of aryl methyl sites for hydroxylation is 2. The van der Waals surface area contributed by atoms with Crippen LogP contribution in [0.25, 0.3) is 0 Å². The summed E-state index contributed by atoms with van der Waals surface area (Å²) >= 11 is 5.64. The Morgan fingerprint density at radius 3 is 2.14 bits per heavy atom. The number of ether oxygens (including phenoxy) is 2. The Hall–Kier alpha value is 0.110. The van der Waals surface area contributed by atoms with Crippen molar-refractivity contribution < 1.29 is 57.7 Å². The summed E-state index contributed by atoms with van der Waals surface area (Å²) in [5.41, 5.74) is 2.23. The van der Waals surface area contributed by atoms with Gasteiger partial charge in [-0.25, -0.2) is 0 Å². The molecular formula is C19H25Br2F2NaO4. The Morgan fingerprint density at radius 1 is 1.11 bits per heavy atom. The second-order valence-corrected chi connectivity index (χ2v) is 9.09. The summed E-state index contributed by atoms with van der Waals surface area (Å²) in [7, 11) is 0. The molecule has 1 rings (SSSR count). The van der Waals surface area contributed by atoms with Gasteiger partial charge in [-0.05, 0) is 55.7 Å². The molecular weight excluding hydrogens is 513 g/mol. The van der Waals surface area contributed by atoms with E-state index in [0.29, 0.717) is 55.6 Å². The first-order valence-corrected chi connectivity index (χ1v) is 10.9. The van der Waals surface area contributed by atoms with E-state index >= 15 is 0 Å². The summed E-state index contributed by atoms with van der Waals surface area (Å²) < 4.78 is 38.0. The van der Waals surface area contributed by atoms with Gasteiger partial charge in [0.05, 0.1) is 6.61 Å². The van der Waals surface area contributed by atoms with Crippen molar-refractivity contribution in [2.24, 2.45) is 0 Å². The Bertz CT molecular complexity index is 643. The van der Waals surface area contributed by atoms with Crippen LogP contribution in [0.15, 0.2) is 6.07 Å². The van der Waals surface area contributed by atoms with Crippen LogP contribution in [0.2, 0.25) is 0 Å². The van der Waals surface area contributed by atoms with Crippen LogP contribution in [-0.4, -0.2) is 22.4 Å². The molecule has 0 heterocycles. The van der Waals surface area contributed by atoms with Crippen molar-refractivity contribution >= 4 is 37.8 Å². The summed E-state index contributed by atoms with van der Waals surface area (Å²) in [4.78, 5) is 10.5. The van der Waals surface area contributed by atoms with E-state index in [-0.39, 0.29) is 41.7 Å². The maximum atomic E-state index is 14.2. The van der Waals surface area contributed by atoms with E-state index in [1.54, 1.807) is 0 Å². The molecule has 1 aromatic carbocycles. The number of carboxylic acid groups (broad SMARTS) is 1. The molecule has 0 aliphatic rings. The normalized spacial score (nSPS) is 11.3. The molecule has 0 atom stereocenters. The minimum absolute atomic E-state index is 0. The molecule has 0 aromatic heterocycles. The number of benzene rings is 1. The van der Waals surface area contributed by atoms with Gasteiger partial charge in [-0.3, -0.25) is 0 Å². The summed E-state index contributed by atoms with van der Waals surface area (Å²) in [5.74, 6) is -0.393. The SMILES string of the molecule is CCc1cc(CC)c(OC(F)(F)C(Br)Br)c(CC)c1OCCCCC(=O)[O-].[Na+]. The Labute approximate surface area is 204 Å². The van der Waals surface area contributed by atoms with E-state index in [9.17, 15) is 18.7 Å². The average Bonchev–Trinajstić information content (AvgIpc) is 2.60. The molecule has 0 saturated carbocycles. The van der Waals surface area contributed by atoms with E-state index in [0.717, 1.165) is 5.56 Å². The van der Waals surface area contributed by atoms with Gasteiger partial charge in [-0.1, -0.05) is 52.6 Å². The molecule has 0 aliphatic heterocycles. The fourth-order valence-electron chi connectivity index (χ4n) is 2.71. The first kappa shape index (κ1) is 28.1. The quantitative estimate of drug-likeness (QED) is 0.232. The molecule has 0 bridgehead atoms. The van der Waals surface area contributed by atoms with Gasteiger partial charge in [0.15, 0.2) is 3.74 Å². The summed E-state index contributed by atoms with van der Waals surface area (Å²) in [6, 6.07) is 1.85. The number of carboxylic acids is 1. The first-order chi connectivity index (χ1) is 12.7. The Kier molecular flexibility index (Phi) is 13.5. The molecule has 154 valence electrons. The summed E-state index contributed by atoms with van der Waals surface area (Å²) in [5, 5.41) is 10.5. The largest absolute Gasteiger partial charge is 1.00 e. The predicted molar refractivity (Wildman–Crippen MR) is 106 cm³/mol. The van der Waals surface area contributed by atoms with Crippen LogP contribution in [0.5, 0.6) is 11.5 Å². The smallest absolute Gasteiger partial charge is 0.550 e. The number of hydrogen-bond donors (Lipinski definition) is 0. The molecule has 0 unspecified atom stereocenters. The van der Waals surface area contributed by atoms with Gasteiger partial charge < -0.3 is 19.4 Å². The number of halogens is 4. The maximum Gasteiger partial charge on any atom is 1.00 e. The third-order valence-electron chi connectivity index (χ3n) is 4.11. The third kappa shape index (κ3) is 8.09. The van der Waals surface area contributed by atoms with Crippen molar-refractivity contribution in [3.05, 3.63) is 22.8 Å². The van der Waals surface area contributed by atoms with Crippen LogP contribution in [0.4, 0.5) is 8.78 Å². The average molecular weight is 538 g/mol. The van der Waals surface area contributed by atoms with Crippen molar-refractivity contribution in [1.82, 2.24) is 0 Å². The Morgan fingerprint density at radius 2 is 1.68 bits per heavy atom. The minimum atomic E-state index is -3.44. The number of alkyl halides is 4. The molecule has 0 N–H and O–H groups in total. The molecule has 4 nitrogen and oxygen atoms in total. The van der Waals surface area contributed by atoms with Gasteiger partial charge in [0.2, 0.25) is 0 Å². The molecule has 1 aromatic rings. The summed E-state index contributed by atoms with van der Waals surface area (Å²) in [6.45, 7) is 6.02. The maximum absolute atomic E-state index is 14.2. The molecule has 28 heavy (non-hydrogen) atoms. The molecule has 0 radical (unpaired) electrons. The van der Waals surface area contributed by atoms with Crippen LogP contribution >= 0.6 is 31.9 Å². The van der Waals surface area contributed by atoms with Crippen LogP contribution in [-0.2, 0) is 24.1 Å². The number of carbonyl (C=O) groups excluding carboxylic acids is 1. The zero-order valence-corrected chi connectivity index (χ0v) is 21.9. The third-order valence-corrected chi connectivity index (χ3v) is 5.18.